The van der Waals surface area contributed by atoms with E-state index in [2.05, 4.69) is 17.1 Å². The average Bonchev–Trinajstić information content (AvgIpc) is 2.80. The van der Waals surface area contributed by atoms with Crippen molar-refractivity contribution in [2.75, 3.05) is 25.0 Å². The number of urea groups is 1. The number of piperazine rings is 1. The number of rotatable bonds is 4. The molecule has 1 N–H and O–H groups in total. The molecule has 2 aromatic carbocycles. The van der Waals surface area contributed by atoms with Gasteiger partial charge in [-0.25, -0.2) is 9.78 Å². The summed E-state index contributed by atoms with van der Waals surface area (Å²) >= 11 is 12.3. The number of halogens is 2. The molecule has 33 heavy (non-hydrogen) atoms. The minimum Gasteiger partial charge on any atom is -0.319 e. The van der Waals surface area contributed by atoms with Crippen LogP contribution in [0.1, 0.15) is 32.1 Å². The van der Waals surface area contributed by atoms with Gasteiger partial charge < -0.3 is 10.2 Å². The molecule has 3 aromatic rings. The van der Waals surface area contributed by atoms with Crippen LogP contribution >= 0.6 is 23.2 Å². The molecule has 174 valence electrons. The summed E-state index contributed by atoms with van der Waals surface area (Å²) in [5.74, 6) is 0.747. The van der Waals surface area contributed by atoms with Crippen molar-refractivity contribution >= 4 is 45.8 Å². The maximum absolute atomic E-state index is 12.9. The molecule has 0 spiro atoms. The Kier molecular flexibility index (Phi) is 6.93. The van der Waals surface area contributed by atoms with E-state index in [0.29, 0.717) is 46.3 Å². The molecule has 2 unspecified atom stereocenters. The van der Waals surface area contributed by atoms with Crippen LogP contribution in [-0.4, -0.2) is 51.1 Å². The summed E-state index contributed by atoms with van der Waals surface area (Å²) in [5.41, 5.74) is 1.16. The first-order chi connectivity index (χ1) is 15.8. The Bertz CT molecular complexity index is 1250. The van der Waals surface area contributed by atoms with Crippen molar-refractivity contribution in [2.45, 2.75) is 32.4 Å². The van der Waals surface area contributed by atoms with Crippen LogP contribution in [-0.2, 0) is 7.05 Å². The van der Waals surface area contributed by atoms with Crippen LogP contribution in [0.5, 0.6) is 0 Å². The predicted molar refractivity (Wildman–Crippen MR) is 133 cm³/mol. The molecule has 2 amide bonds. The number of nitrogens with one attached hydrogen (secondary N) is 1. The Labute approximate surface area is 202 Å². The lowest BCUT2D eigenvalue weighted by Gasteiger charge is -2.43. The smallest absolute Gasteiger partial charge is 0.319 e. The fraction of sp³-hybridized carbons (Fsp3) is 0.375. The number of hydrogen-bond donors (Lipinski definition) is 1. The molecule has 1 saturated heterocycles. The van der Waals surface area contributed by atoms with Gasteiger partial charge >= 0.3 is 6.03 Å². The van der Waals surface area contributed by atoms with Gasteiger partial charge in [-0.2, -0.15) is 0 Å². The van der Waals surface area contributed by atoms with E-state index in [9.17, 15) is 9.59 Å². The molecule has 7 nitrogen and oxygen atoms in total. The number of amides is 2. The van der Waals surface area contributed by atoms with Gasteiger partial charge in [0.25, 0.3) is 5.56 Å². The van der Waals surface area contributed by atoms with Gasteiger partial charge in [0.15, 0.2) is 0 Å². The second-order valence-electron chi connectivity index (χ2n) is 8.34. The Morgan fingerprint density at radius 2 is 1.94 bits per heavy atom. The molecular formula is C24H27Cl2N5O2. The maximum atomic E-state index is 12.9. The number of aromatic nitrogens is 2. The lowest BCUT2D eigenvalue weighted by atomic mass is 10.1. The normalized spacial score (nSPS) is 17.8. The largest absolute Gasteiger partial charge is 0.322 e. The number of carbonyl (C=O) groups is 1. The number of anilines is 1. The zero-order valence-corrected chi connectivity index (χ0v) is 20.4. The van der Waals surface area contributed by atoms with E-state index in [0.717, 1.165) is 12.2 Å². The molecule has 0 bridgehead atoms. The summed E-state index contributed by atoms with van der Waals surface area (Å²) < 4.78 is 1.65. The van der Waals surface area contributed by atoms with Crippen molar-refractivity contribution in [3.05, 3.63) is 68.7 Å². The summed E-state index contributed by atoms with van der Waals surface area (Å²) in [7, 11) is 1.78. The van der Waals surface area contributed by atoms with Gasteiger partial charge in [0.2, 0.25) is 0 Å². The summed E-state index contributed by atoms with van der Waals surface area (Å²) in [6.45, 7) is 5.99. The molecule has 2 heterocycles. The molecule has 0 saturated carbocycles. The lowest BCUT2D eigenvalue weighted by molar-refractivity contribution is 0.0721. The van der Waals surface area contributed by atoms with Crippen LogP contribution in [0.2, 0.25) is 10.0 Å². The molecule has 1 aliphatic rings. The Hall–Kier alpha value is -2.61. The quantitative estimate of drug-likeness (QED) is 0.566. The van der Waals surface area contributed by atoms with Crippen molar-refractivity contribution in [1.82, 2.24) is 19.4 Å². The fourth-order valence-electron chi connectivity index (χ4n) is 4.50. The summed E-state index contributed by atoms with van der Waals surface area (Å²) in [6, 6.07) is 12.3. The molecular weight excluding hydrogens is 461 g/mol. The topological polar surface area (TPSA) is 70.5 Å². The Morgan fingerprint density at radius 3 is 2.67 bits per heavy atom. The number of carbonyl (C=O) groups excluding carboxylic acids is 1. The molecule has 1 fully saturated rings. The van der Waals surface area contributed by atoms with Crippen LogP contribution in [0.15, 0.2) is 47.3 Å². The van der Waals surface area contributed by atoms with Gasteiger partial charge in [-0.1, -0.05) is 48.3 Å². The molecule has 0 radical (unpaired) electrons. The van der Waals surface area contributed by atoms with Crippen LogP contribution in [0.4, 0.5) is 10.5 Å². The fourth-order valence-corrected chi connectivity index (χ4v) is 4.84. The second-order valence-corrected chi connectivity index (χ2v) is 9.13. The number of fused-ring (bicyclic) bond motifs is 1. The number of hydrogen-bond acceptors (Lipinski definition) is 4. The molecule has 4 rings (SSSR count). The van der Waals surface area contributed by atoms with Crippen molar-refractivity contribution in [1.29, 1.82) is 0 Å². The zero-order valence-electron chi connectivity index (χ0n) is 18.9. The van der Waals surface area contributed by atoms with E-state index >= 15 is 0 Å². The van der Waals surface area contributed by atoms with Crippen molar-refractivity contribution in [3.8, 4) is 0 Å². The van der Waals surface area contributed by atoms with E-state index in [-0.39, 0.29) is 23.7 Å². The highest BCUT2D eigenvalue weighted by molar-refractivity contribution is 6.43. The third kappa shape index (κ3) is 4.58. The molecule has 2 atom stereocenters. The van der Waals surface area contributed by atoms with Crippen LogP contribution in [0, 0.1) is 0 Å². The van der Waals surface area contributed by atoms with Gasteiger partial charge in [-0.3, -0.25) is 14.3 Å². The highest BCUT2D eigenvalue weighted by atomic mass is 35.5. The van der Waals surface area contributed by atoms with Crippen molar-refractivity contribution in [3.63, 3.8) is 0 Å². The zero-order chi connectivity index (χ0) is 23.7. The SMILES string of the molecule is CCC(c1nc2ccccc2c(=O)n1C)N1CCN(C(=O)Nc2cccc(Cl)c2Cl)C(C)C1. The minimum absolute atomic E-state index is 0.0256. The van der Waals surface area contributed by atoms with Gasteiger partial charge in [0.05, 0.1) is 32.7 Å². The van der Waals surface area contributed by atoms with Crippen LogP contribution in [0.25, 0.3) is 10.9 Å². The third-order valence-electron chi connectivity index (χ3n) is 6.26. The first-order valence-electron chi connectivity index (χ1n) is 11.0. The number of benzene rings is 2. The van der Waals surface area contributed by atoms with E-state index < -0.39 is 0 Å². The van der Waals surface area contributed by atoms with Gasteiger partial charge in [0.1, 0.15) is 5.82 Å². The van der Waals surface area contributed by atoms with Crippen LogP contribution < -0.4 is 10.9 Å². The second kappa shape index (κ2) is 9.71. The van der Waals surface area contributed by atoms with Crippen molar-refractivity contribution < 1.29 is 4.79 Å². The van der Waals surface area contributed by atoms with E-state index in [1.165, 1.54) is 0 Å². The predicted octanol–water partition coefficient (Wildman–Crippen LogP) is 4.93. The average molecular weight is 488 g/mol. The highest BCUT2D eigenvalue weighted by Crippen LogP contribution is 2.30. The first kappa shape index (κ1) is 23.5. The Balaban J connectivity index is 1.52. The molecule has 1 aliphatic heterocycles. The number of nitrogens with zero attached hydrogens (tertiary/aromatic N) is 4. The highest BCUT2D eigenvalue weighted by Gasteiger charge is 2.33. The van der Waals surface area contributed by atoms with E-state index in [1.54, 1.807) is 40.8 Å². The van der Waals surface area contributed by atoms with Gasteiger partial charge in [-0.05, 0) is 37.6 Å². The third-order valence-corrected chi connectivity index (χ3v) is 7.08. The summed E-state index contributed by atoms with van der Waals surface area (Å²) in [6.07, 6.45) is 0.801. The summed E-state index contributed by atoms with van der Waals surface area (Å²) in [4.78, 5) is 34.8. The first-order valence-corrected chi connectivity index (χ1v) is 11.8. The standard InChI is InChI=1S/C24H27Cl2N5O2/c1-4-20(22-27-18-10-6-5-8-16(18)23(32)29(22)3)30-12-13-31(15(2)14-30)24(33)28-19-11-7-9-17(25)21(19)26/h5-11,15,20H,4,12-14H2,1-3H3,(H,28,33). The Morgan fingerprint density at radius 1 is 1.18 bits per heavy atom. The molecule has 0 aliphatic carbocycles. The van der Waals surface area contributed by atoms with Crippen LogP contribution in [0.3, 0.4) is 0 Å². The van der Waals surface area contributed by atoms with Gasteiger partial charge in [0, 0.05) is 32.7 Å². The van der Waals surface area contributed by atoms with E-state index in [1.807, 2.05) is 25.1 Å². The number of para-hydroxylation sites is 1. The van der Waals surface area contributed by atoms with Crippen molar-refractivity contribution in [2.24, 2.45) is 7.05 Å². The van der Waals surface area contributed by atoms with E-state index in [4.69, 9.17) is 28.2 Å². The summed E-state index contributed by atoms with van der Waals surface area (Å²) in [5, 5.41) is 4.21. The lowest BCUT2D eigenvalue weighted by Crippen LogP contribution is -2.56. The minimum atomic E-state index is -0.212. The monoisotopic (exact) mass is 487 g/mol. The molecule has 9 heteroatoms. The molecule has 1 aromatic heterocycles. The maximum Gasteiger partial charge on any atom is 0.322 e. The van der Waals surface area contributed by atoms with Gasteiger partial charge in [-0.15, -0.1) is 0 Å².